The summed E-state index contributed by atoms with van der Waals surface area (Å²) in [4.78, 5) is 12.3. The molecule has 2 N–H and O–H groups in total. The van der Waals surface area contributed by atoms with E-state index in [4.69, 9.17) is 22.1 Å². The number of carbonyl (C=O) groups is 1. The minimum atomic E-state index is -0.646. The van der Waals surface area contributed by atoms with Gasteiger partial charge in [0.2, 0.25) is 0 Å². The topological polar surface area (TPSA) is 52.3 Å². The number of hydrogen-bond acceptors (Lipinski definition) is 3. The van der Waals surface area contributed by atoms with E-state index < -0.39 is 11.6 Å². The van der Waals surface area contributed by atoms with E-state index in [0.29, 0.717) is 5.02 Å². The number of halogens is 2. The fourth-order valence-electron chi connectivity index (χ4n) is 1.71. The van der Waals surface area contributed by atoms with Crippen LogP contribution < -0.4 is 10.5 Å². The first kappa shape index (κ1) is 13.4. The molecule has 2 aromatic carbocycles. The molecule has 0 aliphatic rings. The summed E-state index contributed by atoms with van der Waals surface area (Å²) in [7, 11) is 1.33. The number of hydrogen-bond donors (Lipinski definition) is 1. The van der Waals surface area contributed by atoms with Crippen molar-refractivity contribution < 1.29 is 13.9 Å². The van der Waals surface area contributed by atoms with Gasteiger partial charge in [-0.15, -0.1) is 0 Å². The predicted molar refractivity (Wildman–Crippen MR) is 72.2 cm³/mol. The number of carbonyl (C=O) groups excluding carboxylic acids is 1. The number of anilines is 1. The van der Waals surface area contributed by atoms with Gasteiger partial charge in [0.15, 0.2) is 17.3 Å². The number of nitrogens with two attached hydrogens (primary N) is 1. The molecule has 5 heteroatoms. The second-order valence-corrected chi connectivity index (χ2v) is 4.29. The molecule has 19 heavy (non-hydrogen) atoms. The first-order chi connectivity index (χ1) is 9.04. The molecule has 0 saturated heterocycles. The van der Waals surface area contributed by atoms with Crippen molar-refractivity contribution in [3.63, 3.8) is 0 Å². The lowest BCUT2D eigenvalue weighted by atomic mass is 10.0. The van der Waals surface area contributed by atoms with Crippen molar-refractivity contribution in [3.8, 4) is 5.75 Å². The summed E-state index contributed by atoms with van der Waals surface area (Å²) in [6.45, 7) is 0. The lowest BCUT2D eigenvalue weighted by Gasteiger charge is -2.09. The van der Waals surface area contributed by atoms with Gasteiger partial charge in [-0.1, -0.05) is 23.7 Å². The van der Waals surface area contributed by atoms with Gasteiger partial charge in [0.05, 0.1) is 12.1 Å². The van der Waals surface area contributed by atoms with Crippen molar-refractivity contribution in [1.82, 2.24) is 0 Å². The molecule has 0 aromatic heterocycles. The highest BCUT2D eigenvalue weighted by Gasteiger charge is 2.18. The fourth-order valence-corrected chi connectivity index (χ4v) is 1.93. The normalized spacial score (nSPS) is 10.3. The van der Waals surface area contributed by atoms with E-state index in [0.717, 1.165) is 6.07 Å². The fraction of sp³-hybridized carbons (Fsp3) is 0.0714. The molecule has 0 saturated carbocycles. The van der Waals surface area contributed by atoms with Crippen LogP contribution in [0.3, 0.4) is 0 Å². The van der Waals surface area contributed by atoms with Gasteiger partial charge in [-0.05, 0) is 18.2 Å². The highest BCUT2D eigenvalue weighted by molar-refractivity contribution is 6.35. The van der Waals surface area contributed by atoms with Gasteiger partial charge in [0, 0.05) is 22.9 Å². The summed E-state index contributed by atoms with van der Waals surface area (Å²) < 4.78 is 18.4. The van der Waals surface area contributed by atoms with Crippen molar-refractivity contribution in [3.05, 3.63) is 58.4 Å². The van der Waals surface area contributed by atoms with Crippen molar-refractivity contribution in [1.29, 1.82) is 0 Å². The van der Waals surface area contributed by atoms with E-state index in [1.54, 1.807) is 24.3 Å². The Balaban J connectivity index is 2.51. The largest absolute Gasteiger partial charge is 0.494 e. The first-order valence-electron chi connectivity index (χ1n) is 5.47. The third-order valence-electron chi connectivity index (χ3n) is 2.69. The highest BCUT2D eigenvalue weighted by atomic mass is 35.5. The second kappa shape index (κ2) is 5.28. The minimum Gasteiger partial charge on any atom is -0.494 e. The maximum atomic E-state index is 13.6. The molecule has 0 spiro atoms. The van der Waals surface area contributed by atoms with Crippen LogP contribution in [-0.4, -0.2) is 12.9 Å². The number of ketones is 1. The van der Waals surface area contributed by atoms with Crippen molar-refractivity contribution in [2.75, 3.05) is 12.8 Å². The van der Waals surface area contributed by atoms with Crippen LogP contribution in [-0.2, 0) is 0 Å². The Hall–Kier alpha value is -2.07. The third kappa shape index (κ3) is 2.53. The van der Waals surface area contributed by atoms with Crippen LogP contribution in [0, 0.1) is 5.82 Å². The Labute approximate surface area is 114 Å². The lowest BCUT2D eigenvalue weighted by molar-refractivity contribution is 0.103. The Kier molecular flexibility index (Phi) is 3.71. The Morgan fingerprint density at radius 2 is 1.95 bits per heavy atom. The van der Waals surface area contributed by atoms with E-state index in [1.165, 1.54) is 13.2 Å². The quantitative estimate of drug-likeness (QED) is 0.693. The molecule has 0 heterocycles. The number of rotatable bonds is 3. The van der Waals surface area contributed by atoms with Crippen LogP contribution >= 0.6 is 11.6 Å². The van der Waals surface area contributed by atoms with E-state index in [9.17, 15) is 9.18 Å². The summed E-state index contributed by atoms with van der Waals surface area (Å²) >= 11 is 5.94. The zero-order valence-corrected chi connectivity index (χ0v) is 10.9. The predicted octanol–water partition coefficient (Wildman–Crippen LogP) is 3.30. The van der Waals surface area contributed by atoms with Gasteiger partial charge in [0.25, 0.3) is 0 Å². The molecule has 0 radical (unpaired) electrons. The average Bonchev–Trinajstić information content (AvgIpc) is 2.40. The van der Waals surface area contributed by atoms with E-state index in [2.05, 4.69) is 0 Å². The van der Waals surface area contributed by atoms with Crippen LogP contribution in [0.1, 0.15) is 15.9 Å². The number of ether oxygens (including phenoxy) is 1. The monoisotopic (exact) mass is 279 g/mol. The minimum absolute atomic E-state index is 0.00629. The van der Waals surface area contributed by atoms with Crippen molar-refractivity contribution in [2.24, 2.45) is 0 Å². The third-order valence-corrected chi connectivity index (χ3v) is 3.02. The standard InChI is InChI=1S/C14H11ClFNO2/c1-19-13-7-12(17)9(6-11(13)16)14(18)8-4-2-3-5-10(8)15/h2-7H,17H2,1H3. The van der Waals surface area contributed by atoms with Gasteiger partial charge in [-0.2, -0.15) is 0 Å². The summed E-state index contributed by atoms with van der Waals surface area (Å²) in [5.74, 6) is -1.08. The molecule has 3 nitrogen and oxygen atoms in total. The van der Waals surface area contributed by atoms with Crippen molar-refractivity contribution in [2.45, 2.75) is 0 Å². The smallest absolute Gasteiger partial charge is 0.196 e. The lowest BCUT2D eigenvalue weighted by Crippen LogP contribution is -2.07. The first-order valence-corrected chi connectivity index (χ1v) is 5.84. The van der Waals surface area contributed by atoms with Gasteiger partial charge in [0.1, 0.15) is 0 Å². The van der Waals surface area contributed by atoms with Crippen LogP contribution in [0.5, 0.6) is 5.75 Å². The molecule has 2 aromatic rings. The highest BCUT2D eigenvalue weighted by Crippen LogP contribution is 2.27. The Morgan fingerprint density at radius 3 is 2.58 bits per heavy atom. The zero-order valence-electron chi connectivity index (χ0n) is 10.1. The van der Waals surface area contributed by atoms with E-state index in [-0.39, 0.29) is 22.6 Å². The zero-order chi connectivity index (χ0) is 14.0. The summed E-state index contributed by atoms with van der Waals surface area (Å²) in [6.07, 6.45) is 0. The van der Waals surface area contributed by atoms with Gasteiger partial charge in [-0.3, -0.25) is 4.79 Å². The maximum Gasteiger partial charge on any atom is 0.196 e. The molecule has 0 fully saturated rings. The maximum absolute atomic E-state index is 13.6. The van der Waals surface area contributed by atoms with Gasteiger partial charge >= 0.3 is 0 Å². The summed E-state index contributed by atoms with van der Waals surface area (Å²) in [5, 5.41) is 0.295. The van der Waals surface area contributed by atoms with Crippen LogP contribution in [0.4, 0.5) is 10.1 Å². The van der Waals surface area contributed by atoms with E-state index in [1.807, 2.05) is 0 Å². The molecule has 0 aliphatic carbocycles. The average molecular weight is 280 g/mol. The molecule has 0 bridgehead atoms. The summed E-state index contributed by atoms with van der Waals surface area (Å²) in [6, 6.07) is 8.86. The molecule has 2 rings (SSSR count). The van der Waals surface area contributed by atoms with Crippen molar-refractivity contribution >= 4 is 23.1 Å². The Morgan fingerprint density at radius 1 is 1.26 bits per heavy atom. The molecular formula is C14H11ClFNO2. The van der Waals surface area contributed by atoms with Crippen LogP contribution in [0.15, 0.2) is 36.4 Å². The summed E-state index contributed by atoms with van der Waals surface area (Å²) in [5.41, 5.74) is 6.23. The van der Waals surface area contributed by atoms with Gasteiger partial charge < -0.3 is 10.5 Å². The number of nitrogen functional groups attached to an aromatic ring is 1. The SMILES string of the molecule is COc1cc(N)c(C(=O)c2ccccc2Cl)cc1F. The molecule has 0 unspecified atom stereocenters. The van der Waals surface area contributed by atoms with Crippen LogP contribution in [0.2, 0.25) is 5.02 Å². The van der Waals surface area contributed by atoms with Gasteiger partial charge in [-0.25, -0.2) is 4.39 Å². The Bertz CT molecular complexity index is 643. The molecular weight excluding hydrogens is 269 g/mol. The van der Waals surface area contributed by atoms with Crippen LogP contribution in [0.25, 0.3) is 0 Å². The molecule has 98 valence electrons. The van der Waals surface area contributed by atoms with E-state index >= 15 is 0 Å². The second-order valence-electron chi connectivity index (χ2n) is 3.88. The molecule has 0 atom stereocenters. The molecule has 0 amide bonds. The number of methoxy groups -OCH3 is 1. The number of benzene rings is 2. The molecule has 0 aliphatic heterocycles.